The lowest BCUT2D eigenvalue weighted by Gasteiger charge is -2.47. The molecule has 2 N–H and O–H groups in total. The molecule has 0 aromatic carbocycles. The minimum Gasteiger partial charge on any atom is -0.367 e. The number of nitrogens with zero attached hydrogens (tertiary/aromatic N) is 2. The van der Waals surface area contributed by atoms with Gasteiger partial charge in [-0.2, -0.15) is 0 Å². The van der Waals surface area contributed by atoms with Crippen molar-refractivity contribution in [1.82, 2.24) is 4.98 Å². The minimum atomic E-state index is -0.00426. The molecule has 0 aliphatic carbocycles. The van der Waals surface area contributed by atoms with Gasteiger partial charge in [0.1, 0.15) is 0 Å². The van der Waals surface area contributed by atoms with E-state index in [0.717, 1.165) is 13.1 Å². The van der Waals surface area contributed by atoms with E-state index in [2.05, 4.69) is 23.7 Å². The van der Waals surface area contributed by atoms with Gasteiger partial charge in [0.15, 0.2) is 0 Å². The van der Waals surface area contributed by atoms with Gasteiger partial charge in [-0.15, -0.1) is 0 Å². The van der Waals surface area contributed by atoms with E-state index >= 15 is 0 Å². The number of hydrogen-bond acceptors (Lipinski definition) is 3. The van der Waals surface area contributed by atoms with E-state index in [4.69, 9.17) is 5.73 Å². The van der Waals surface area contributed by atoms with Gasteiger partial charge in [-0.1, -0.05) is 0 Å². The molecule has 1 aliphatic heterocycles. The van der Waals surface area contributed by atoms with Crippen LogP contribution in [0.3, 0.4) is 0 Å². The summed E-state index contributed by atoms with van der Waals surface area (Å²) in [6, 6.07) is 2.05. The molecule has 0 spiro atoms. The normalized spacial score (nSPS) is 19.8. The molecule has 0 radical (unpaired) electrons. The van der Waals surface area contributed by atoms with Crippen LogP contribution < -0.4 is 10.6 Å². The van der Waals surface area contributed by atoms with Crippen molar-refractivity contribution in [1.29, 1.82) is 0 Å². The maximum atomic E-state index is 5.94. The summed E-state index contributed by atoms with van der Waals surface area (Å²) < 4.78 is 0. The van der Waals surface area contributed by atoms with Gasteiger partial charge >= 0.3 is 0 Å². The molecule has 0 saturated carbocycles. The number of nitrogens with two attached hydrogens (primary N) is 1. The van der Waals surface area contributed by atoms with Crippen LogP contribution in [0.1, 0.15) is 12.5 Å². The monoisotopic (exact) mass is 177 g/mol. The summed E-state index contributed by atoms with van der Waals surface area (Å²) in [5.74, 6) is 0. The highest BCUT2D eigenvalue weighted by Gasteiger charge is 2.35. The summed E-state index contributed by atoms with van der Waals surface area (Å²) in [4.78, 5) is 6.35. The highest BCUT2D eigenvalue weighted by Crippen LogP contribution is 2.27. The van der Waals surface area contributed by atoms with E-state index < -0.39 is 0 Å². The zero-order valence-corrected chi connectivity index (χ0v) is 8.12. The molecule has 2 heterocycles. The Morgan fingerprint density at radius 3 is 2.77 bits per heavy atom. The van der Waals surface area contributed by atoms with Crippen LogP contribution in [-0.2, 0) is 0 Å². The first-order chi connectivity index (χ1) is 6.08. The molecule has 13 heavy (non-hydrogen) atoms. The second-order valence-electron chi connectivity index (χ2n) is 4.17. The number of aromatic nitrogens is 1. The Bertz CT molecular complexity index is 312. The molecule has 0 bridgehead atoms. The average Bonchev–Trinajstić information content (AvgIpc) is 2.01. The van der Waals surface area contributed by atoms with Gasteiger partial charge in [0, 0.05) is 36.7 Å². The lowest BCUT2D eigenvalue weighted by atomic mass is 9.92. The second kappa shape index (κ2) is 2.70. The molecular weight excluding hydrogens is 162 g/mol. The van der Waals surface area contributed by atoms with Crippen LogP contribution >= 0.6 is 0 Å². The lowest BCUT2D eigenvalue weighted by Crippen LogP contribution is -2.65. The van der Waals surface area contributed by atoms with Crippen molar-refractivity contribution in [3.63, 3.8) is 0 Å². The predicted molar refractivity (Wildman–Crippen MR) is 53.8 cm³/mol. The molecule has 1 saturated heterocycles. The first kappa shape index (κ1) is 8.51. The predicted octanol–water partition coefficient (Wildman–Crippen LogP) is 0.927. The molecule has 0 amide bonds. The second-order valence-corrected chi connectivity index (χ2v) is 4.17. The fraction of sp³-hybridized carbons (Fsp3) is 0.500. The molecule has 1 fully saturated rings. The van der Waals surface area contributed by atoms with Crippen LogP contribution in [0.4, 0.5) is 5.69 Å². The molecule has 70 valence electrons. The molecular formula is C10H15N3. The third kappa shape index (κ3) is 1.52. The van der Waals surface area contributed by atoms with Gasteiger partial charge in [-0.3, -0.25) is 4.98 Å². The summed E-state index contributed by atoms with van der Waals surface area (Å²) >= 11 is 0. The van der Waals surface area contributed by atoms with Gasteiger partial charge < -0.3 is 10.6 Å². The molecule has 3 heteroatoms. The Kier molecular flexibility index (Phi) is 1.77. The first-order valence-corrected chi connectivity index (χ1v) is 4.53. The standard InChI is InChI=1S/C10H15N3/c1-8-5-12-4-3-9(8)13-6-10(2,11)7-13/h3-5H,6-7,11H2,1-2H3. The Morgan fingerprint density at radius 1 is 1.54 bits per heavy atom. The summed E-state index contributed by atoms with van der Waals surface area (Å²) in [6.07, 6.45) is 3.72. The summed E-state index contributed by atoms with van der Waals surface area (Å²) in [5.41, 5.74) is 8.42. The van der Waals surface area contributed by atoms with Crippen molar-refractivity contribution in [2.45, 2.75) is 19.4 Å². The molecule has 3 nitrogen and oxygen atoms in total. The van der Waals surface area contributed by atoms with E-state index in [1.165, 1.54) is 11.3 Å². The van der Waals surface area contributed by atoms with Crippen molar-refractivity contribution in [3.8, 4) is 0 Å². The summed E-state index contributed by atoms with van der Waals surface area (Å²) in [6.45, 7) is 6.05. The van der Waals surface area contributed by atoms with Crippen LogP contribution in [0.15, 0.2) is 18.5 Å². The van der Waals surface area contributed by atoms with Crippen LogP contribution in [0.5, 0.6) is 0 Å². The fourth-order valence-corrected chi connectivity index (χ4v) is 1.82. The van der Waals surface area contributed by atoms with Gasteiger partial charge in [0.05, 0.1) is 0 Å². The van der Waals surface area contributed by atoms with Gasteiger partial charge in [0.2, 0.25) is 0 Å². The van der Waals surface area contributed by atoms with Crippen molar-refractivity contribution in [3.05, 3.63) is 24.0 Å². The molecule has 2 rings (SSSR count). The van der Waals surface area contributed by atoms with E-state index in [-0.39, 0.29) is 5.54 Å². The zero-order valence-electron chi connectivity index (χ0n) is 8.12. The largest absolute Gasteiger partial charge is 0.367 e. The van der Waals surface area contributed by atoms with Crippen LogP contribution in [0, 0.1) is 6.92 Å². The average molecular weight is 177 g/mol. The molecule has 0 unspecified atom stereocenters. The number of anilines is 1. The van der Waals surface area contributed by atoms with Crippen LogP contribution in [-0.4, -0.2) is 23.6 Å². The Morgan fingerprint density at radius 2 is 2.23 bits per heavy atom. The highest BCUT2D eigenvalue weighted by atomic mass is 15.2. The maximum absolute atomic E-state index is 5.94. The van der Waals surface area contributed by atoms with Gasteiger partial charge in [-0.05, 0) is 25.5 Å². The van der Waals surface area contributed by atoms with Crippen molar-refractivity contribution in [2.24, 2.45) is 5.73 Å². The third-order valence-electron chi connectivity index (χ3n) is 2.44. The minimum absolute atomic E-state index is 0.00426. The molecule has 1 aromatic heterocycles. The quantitative estimate of drug-likeness (QED) is 0.693. The smallest absolute Gasteiger partial charge is 0.0481 e. The van der Waals surface area contributed by atoms with E-state index in [1.54, 1.807) is 0 Å². The maximum Gasteiger partial charge on any atom is 0.0481 e. The zero-order chi connectivity index (χ0) is 9.47. The van der Waals surface area contributed by atoms with E-state index in [1.807, 2.05) is 18.5 Å². The van der Waals surface area contributed by atoms with E-state index in [0.29, 0.717) is 0 Å². The van der Waals surface area contributed by atoms with Crippen molar-refractivity contribution < 1.29 is 0 Å². The van der Waals surface area contributed by atoms with Crippen molar-refractivity contribution >= 4 is 5.69 Å². The van der Waals surface area contributed by atoms with Crippen LogP contribution in [0.25, 0.3) is 0 Å². The third-order valence-corrected chi connectivity index (χ3v) is 2.44. The topological polar surface area (TPSA) is 42.2 Å². The van der Waals surface area contributed by atoms with Gasteiger partial charge in [0.25, 0.3) is 0 Å². The Balaban J connectivity index is 2.16. The number of pyridine rings is 1. The molecule has 0 atom stereocenters. The number of hydrogen-bond donors (Lipinski definition) is 1. The van der Waals surface area contributed by atoms with Crippen LogP contribution in [0.2, 0.25) is 0 Å². The SMILES string of the molecule is Cc1cnccc1N1CC(C)(N)C1. The Hall–Kier alpha value is -1.09. The molecule has 1 aromatic rings. The van der Waals surface area contributed by atoms with Gasteiger partial charge in [-0.25, -0.2) is 0 Å². The summed E-state index contributed by atoms with van der Waals surface area (Å²) in [5, 5.41) is 0. The fourth-order valence-electron chi connectivity index (χ4n) is 1.82. The number of aryl methyl sites for hydroxylation is 1. The first-order valence-electron chi connectivity index (χ1n) is 4.53. The molecule has 1 aliphatic rings. The van der Waals surface area contributed by atoms with Crippen molar-refractivity contribution in [2.75, 3.05) is 18.0 Å². The number of rotatable bonds is 1. The summed E-state index contributed by atoms with van der Waals surface area (Å²) in [7, 11) is 0. The lowest BCUT2D eigenvalue weighted by molar-refractivity contribution is 0.365. The Labute approximate surface area is 78.6 Å². The highest BCUT2D eigenvalue weighted by molar-refractivity contribution is 5.55. The van der Waals surface area contributed by atoms with E-state index in [9.17, 15) is 0 Å².